The van der Waals surface area contributed by atoms with E-state index in [1.165, 1.54) is 13.2 Å². The fraction of sp³-hybridized carbons (Fsp3) is 0.571. The first-order valence-electron chi connectivity index (χ1n) is 6.92. The predicted octanol–water partition coefficient (Wildman–Crippen LogP) is 2.09. The maximum absolute atomic E-state index is 12.6. The maximum Gasteiger partial charge on any atom is 0.243 e. The zero-order chi connectivity index (χ0) is 14.8. The summed E-state index contributed by atoms with van der Waals surface area (Å²) in [7, 11) is -1.94. The second-order valence-corrected chi connectivity index (χ2v) is 7.12. The van der Waals surface area contributed by atoms with Gasteiger partial charge in [0.25, 0.3) is 0 Å². The van der Waals surface area contributed by atoms with E-state index in [0.717, 1.165) is 19.3 Å². The van der Waals surface area contributed by atoms with Gasteiger partial charge in [-0.15, -0.1) is 0 Å². The molecule has 1 heterocycles. The highest BCUT2D eigenvalue weighted by atomic mass is 32.2. The fourth-order valence-corrected chi connectivity index (χ4v) is 4.19. The van der Waals surface area contributed by atoms with Gasteiger partial charge in [0.15, 0.2) is 0 Å². The third-order valence-corrected chi connectivity index (χ3v) is 5.76. The molecule has 1 unspecified atom stereocenters. The van der Waals surface area contributed by atoms with E-state index < -0.39 is 10.0 Å². The molecule has 1 aromatic rings. The Morgan fingerprint density at radius 2 is 2.20 bits per heavy atom. The normalized spacial score (nSPS) is 20.8. The van der Waals surface area contributed by atoms with Crippen LogP contribution >= 0.6 is 0 Å². The van der Waals surface area contributed by atoms with Gasteiger partial charge in [0, 0.05) is 13.1 Å². The number of piperidine rings is 1. The third kappa shape index (κ3) is 2.91. The summed E-state index contributed by atoms with van der Waals surface area (Å²) in [6.45, 7) is 3.29. The van der Waals surface area contributed by atoms with Crippen molar-refractivity contribution >= 4 is 15.7 Å². The molecule has 5 nitrogen and oxygen atoms in total. The van der Waals surface area contributed by atoms with Crippen molar-refractivity contribution in [2.45, 2.75) is 31.1 Å². The average Bonchev–Trinajstić information content (AvgIpc) is 2.47. The van der Waals surface area contributed by atoms with E-state index >= 15 is 0 Å². The van der Waals surface area contributed by atoms with Crippen LogP contribution in [-0.4, -0.2) is 32.9 Å². The van der Waals surface area contributed by atoms with Crippen LogP contribution in [0.1, 0.15) is 26.2 Å². The number of nitrogens with two attached hydrogens (primary N) is 1. The largest absolute Gasteiger partial charge is 0.495 e. The van der Waals surface area contributed by atoms with Gasteiger partial charge in [0.2, 0.25) is 10.0 Å². The summed E-state index contributed by atoms with van der Waals surface area (Å²) in [4.78, 5) is 0.243. The number of ether oxygens (including phenoxy) is 1. The van der Waals surface area contributed by atoms with Crippen LogP contribution in [0.3, 0.4) is 0 Å². The Labute approximate surface area is 120 Å². The lowest BCUT2D eigenvalue weighted by molar-refractivity contribution is 0.261. The fourth-order valence-electron chi connectivity index (χ4n) is 2.60. The lowest BCUT2D eigenvalue weighted by atomic mass is 9.97. The van der Waals surface area contributed by atoms with Crippen molar-refractivity contribution in [1.82, 2.24) is 4.31 Å². The molecule has 6 heteroatoms. The number of benzene rings is 1. The standard InChI is InChI=1S/C14H22N2O3S/c1-3-11-5-4-8-16(10-11)20(17,18)12-6-7-14(19-2)13(15)9-12/h6-7,9,11H,3-5,8,10,15H2,1-2H3. The van der Waals surface area contributed by atoms with E-state index in [2.05, 4.69) is 6.92 Å². The summed E-state index contributed by atoms with van der Waals surface area (Å²) in [5.74, 6) is 0.947. The van der Waals surface area contributed by atoms with Gasteiger partial charge in [0.05, 0.1) is 17.7 Å². The highest BCUT2D eigenvalue weighted by Crippen LogP contribution is 2.29. The van der Waals surface area contributed by atoms with Gasteiger partial charge < -0.3 is 10.5 Å². The second-order valence-electron chi connectivity index (χ2n) is 5.18. The molecule has 0 aromatic heterocycles. The van der Waals surface area contributed by atoms with Crippen molar-refractivity contribution in [1.29, 1.82) is 0 Å². The first kappa shape index (κ1) is 15.1. The highest BCUT2D eigenvalue weighted by Gasteiger charge is 2.29. The number of sulfonamides is 1. The van der Waals surface area contributed by atoms with Crippen LogP contribution < -0.4 is 10.5 Å². The minimum atomic E-state index is -3.45. The first-order valence-corrected chi connectivity index (χ1v) is 8.36. The van der Waals surface area contributed by atoms with E-state index in [9.17, 15) is 8.42 Å². The van der Waals surface area contributed by atoms with Gasteiger partial charge in [-0.2, -0.15) is 4.31 Å². The Balaban J connectivity index is 2.28. The van der Waals surface area contributed by atoms with E-state index in [0.29, 0.717) is 30.4 Å². The van der Waals surface area contributed by atoms with Crippen LogP contribution in [0.4, 0.5) is 5.69 Å². The molecule has 2 N–H and O–H groups in total. The van der Waals surface area contributed by atoms with Crippen LogP contribution in [0.15, 0.2) is 23.1 Å². The number of methoxy groups -OCH3 is 1. The van der Waals surface area contributed by atoms with E-state index in [1.807, 2.05) is 0 Å². The number of nitrogens with zero attached hydrogens (tertiary/aromatic N) is 1. The number of anilines is 1. The highest BCUT2D eigenvalue weighted by molar-refractivity contribution is 7.89. The molecule has 0 radical (unpaired) electrons. The van der Waals surface area contributed by atoms with Gasteiger partial charge in [0.1, 0.15) is 5.75 Å². The molecule has 1 aromatic carbocycles. The zero-order valence-corrected chi connectivity index (χ0v) is 12.8. The topological polar surface area (TPSA) is 72.6 Å². The number of nitrogen functional groups attached to an aromatic ring is 1. The van der Waals surface area contributed by atoms with Gasteiger partial charge in [-0.25, -0.2) is 8.42 Å². The number of hydrogen-bond donors (Lipinski definition) is 1. The number of hydrogen-bond acceptors (Lipinski definition) is 4. The Morgan fingerprint density at radius 1 is 1.45 bits per heavy atom. The van der Waals surface area contributed by atoms with Crippen LogP contribution in [0.25, 0.3) is 0 Å². The van der Waals surface area contributed by atoms with Crippen molar-refractivity contribution < 1.29 is 13.2 Å². The molecule has 2 rings (SSSR count). The molecule has 20 heavy (non-hydrogen) atoms. The molecule has 1 aliphatic heterocycles. The van der Waals surface area contributed by atoms with Crippen molar-refractivity contribution in [3.05, 3.63) is 18.2 Å². The monoisotopic (exact) mass is 298 g/mol. The quantitative estimate of drug-likeness (QED) is 0.864. The lowest BCUT2D eigenvalue weighted by Crippen LogP contribution is -2.39. The third-order valence-electron chi connectivity index (χ3n) is 3.90. The van der Waals surface area contributed by atoms with Crippen LogP contribution in [0.5, 0.6) is 5.75 Å². The summed E-state index contributed by atoms with van der Waals surface area (Å²) in [5, 5.41) is 0. The molecule has 0 spiro atoms. The summed E-state index contributed by atoms with van der Waals surface area (Å²) >= 11 is 0. The summed E-state index contributed by atoms with van der Waals surface area (Å²) in [5.41, 5.74) is 6.15. The van der Waals surface area contributed by atoms with Crippen LogP contribution in [-0.2, 0) is 10.0 Å². The van der Waals surface area contributed by atoms with Gasteiger partial charge in [-0.05, 0) is 37.0 Å². The molecular formula is C14H22N2O3S. The van der Waals surface area contributed by atoms with Crippen molar-refractivity contribution in [2.75, 3.05) is 25.9 Å². The molecule has 0 saturated carbocycles. The molecule has 1 fully saturated rings. The maximum atomic E-state index is 12.6. The predicted molar refractivity (Wildman–Crippen MR) is 79.2 cm³/mol. The van der Waals surface area contributed by atoms with Gasteiger partial charge >= 0.3 is 0 Å². The average molecular weight is 298 g/mol. The summed E-state index contributed by atoms with van der Waals surface area (Å²) in [6, 6.07) is 4.63. The van der Waals surface area contributed by atoms with Crippen LogP contribution in [0, 0.1) is 5.92 Å². The van der Waals surface area contributed by atoms with E-state index in [1.54, 1.807) is 16.4 Å². The van der Waals surface area contributed by atoms with E-state index in [4.69, 9.17) is 10.5 Å². The zero-order valence-electron chi connectivity index (χ0n) is 12.0. The Kier molecular flexibility index (Phi) is 4.55. The molecule has 112 valence electrons. The first-order chi connectivity index (χ1) is 9.48. The van der Waals surface area contributed by atoms with Crippen molar-refractivity contribution in [3.63, 3.8) is 0 Å². The number of rotatable bonds is 4. The smallest absolute Gasteiger partial charge is 0.243 e. The Bertz CT molecular complexity index is 572. The molecular weight excluding hydrogens is 276 g/mol. The molecule has 1 saturated heterocycles. The molecule has 0 amide bonds. The van der Waals surface area contributed by atoms with Crippen LogP contribution in [0.2, 0.25) is 0 Å². The van der Waals surface area contributed by atoms with Gasteiger partial charge in [-0.1, -0.05) is 13.3 Å². The molecule has 0 aliphatic carbocycles. The van der Waals surface area contributed by atoms with E-state index in [-0.39, 0.29) is 4.90 Å². The van der Waals surface area contributed by atoms with Crippen molar-refractivity contribution in [3.8, 4) is 5.75 Å². The lowest BCUT2D eigenvalue weighted by Gasteiger charge is -2.31. The molecule has 1 atom stereocenters. The Hall–Kier alpha value is -1.27. The van der Waals surface area contributed by atoms with Gasteiger partial charge in [-0.3, -0.25) is 0 Å². The van der Waals surface area contributed by atoms with Crippen molar-refractivity contribution in [2.24, 2.45) is 5.92 Å². The summed E-state index contributed by atoms with van der Waals surface area (Å²) < 4.78 is 31.9. The molecule has 0 bridgehead atoms. The Morgan fingerprint density at radius 3 is 2.80 bits per heavy atom. The molecule has 1 aliphatic rings. The SMILES string of the molecule is CCC1CCCN(S(=O)(=O)c2ccc(OC)c(N)c2)C1. The summed E-state index contributed by atoms with van der Waals surface area (Å²) in [6.07, 6.45) is 3.04. The minimum Gasteiger partial charge on any atom is -0.495 e. The minimum absolute atomic E-state index is 0.243. The second kappa shape index (κ2) is 6.01.